The summed E-state index contributed by atoms with van der Waals surface area (Å²) >= 11 is 3.53. The predicted molar refractivity (Wildman–Crippen MR) is 140 cm³/mol. The van der Waals surface area contributed by atoms with Crippen LogP contribution in [0.15, 0.2) is 65.1 Å². The number of hydrogen-bond acceptors (Lipinski definition) is 5. The van der Waals surface area contributed by atoms with Crippen LogP contribution in [0.1, 0.15) is 37.4 Å². The summed E-state index contributed by atoms with van der Waals surface area (Å²) in [6.07, 6.45) is 0. The van der Waals surface area contributed by atoms with Gasteiger partial charge in [0.2, 0.25) is 0 Å². The Morgan fingerprint density at radius 3 is 2.23 bits per heavy atom. The number of nitrogens with zero attached hydrogens (tertiary/aromatic N) is 2. The third kappa shape index (κ3) is 3.66. The zero-order valence-corrected chi connectivity index (χ0v) is 20.8. The van der Waals surface area contributed by atoms with E-state index in [1.54, 1.807) is 30.3 Å². The van der Waals surface area contributed by atoms with Crippen molar-refractivity contribution in [1.29, 1.82) is 0 Å². The highest BCUT2D eigenvalue weighted by Crippen LogP contribution is 2.43. The highest BCUT2D eigenvalue weighted by Gasteiger charge is 2.37. The molecule has 0 saturated heterocycles. The third-order valence-electron chi connectivity index (χ3n) is 6.34. The lowest BCUT2D eigenvalue weighted by Crippen LogP contribution is -2.40. The molecule has 0 atom stereocenters. The predicted octanol–water partition coefficient (Wildman–Crippen LogP) is 6.98. The van der Waals surface area contributed by atoms with E-state index in [0.717, 1.165) is 26.1 Å². The number of nitrogens with one attached hydrogen (secondary N) is 1. The Labute approximate surface area is 209 Å². The molecule has 1 heterocycles. The standard InChI is InChI=1S/C27H20BrN3O4/c1-14-7-9-17(10-8-14)30-26(32)19-6-4-5-18-24(19)20(27(30)33)13-23(31(34)35)25(18)29-22-12-16(3)15(2)11-21(22)28/h4-13,29H,1-3H3. The van der Waals surface area contributed by atoms with Crippen molar-refractivity contribution in [3.63, 3.8) is 0 Å². The Balaban J connectivity index is 1.75. The zero-order valence-electron chi connectivity index (χ0n) is 19.2. The summed E-state index contributed by atoms with van der Waals surface area (Å²) in [5.41, 5.74) is 4.54. The highest BCUT2D eigenvalue weighted by atomic mass is 79.9. The second-order valence-corrected chi connectivity index (χ2v) is 9.48. The second-order valence-electron chi connectivity index (χ2n) is 8.63. The van der Waals surface area contributed by atoms with E-state index in [1.165, 1.54) is 6.07 Å². The summed E-state index contributed by atoms with van der Waals surface area (Å²) in [5, 5.41) is 16.2. The molecule has 4 aromatic rings. The minimum Gasteiger partial charge on any atom is -0.348 e. The van der Waals surface area contributed by atoms with Crippen LogP contribution in [-0.2, 0) is 0 Å². The van der Waals surface area contributed by atoms with Crippen molar-refractivity contribution in [1.82, 2.24) is 0 Å². The number of rotatable bonds is 4. The number of carbonyl (C=O) groups is 2. The molecule has 1 N–H and O–H groups in total. The van der Waals surface area contributed by atoms with Crippen molar-refractivity contribution >= 4 is 61.3 Å². The van der Waals surface area contributed by atoms with Crippen LogP contribution in [0.5, 0.6) is 0 Å². The number of amides is 2. The summed E-state index contributed by atoms with van der Waals surface area (Å²) in [6, 6.07) is 17.1. The third-order valence-corrected chi connectivity index (χ3v) is 7.00. The summed E-state index contributed by atoms with van der Waals surface area (Å²) in [4.78, 5) is 39.7. The molecule has 5 rings (SSSR count). The number of carbonyl (C=O) groups excluding carboxylic acids is 2. The van der Waals surface area contributed by atoms with E-state index in [-0.39, 0.29) is 16.9 Å². The largest absolute Gasteiger partial charge is 0.348 e. The van der Waals surface area contributed by atoms with E-state index in [2.05, 4.69) is 21.2 Å². The van der Waals surface area contributed by atoms with Crippen LogP contribution in [0.4, 0.5) is 22.7 Å². The second kappa shape index (κ2) is 8.32. The van der Waals surface area contributed by atoms with Gasteiger partial charge in [0.25, 0.3) is 17.5 Å². The monoisotopic (exact) mass is 529 g/mol. The van der Waals surface area contributed by atoms with E-state index < -0.39 is 16.7 Å². The summed E-state index contributed by atoms with van der Waals surface area (Å²) in [5.74, 6) is -1.06. The number of halogens is 1. The molecule has 1 aliphatic rings. The van der Waals surface area contributed by atoms with Crippen molar-refractivity contribution in [3.05, 3.63) is 103 Å². The van der Waals surface area contributed by atoms with Crippen molar-refractivity contribution < 1.29 is 14.5 Å². The Hall–Kier alpha value is -4.04. The fourth-order valence-corrected chi connectivity index (χ4v) is 4.92. The topological polar surface area (TPSA) is 92.6 Å². The molecule has 7 nitrogen and oxygen atoms in total. The zero-order chi connectivity index (χ0) is 25.0. The quantitative estimate of drug-likeness (QED) is 0.175. The molecule has 0 aromatic heterocycles. The van der Waals surface area contributed by atoms with Crippen LogP contribution in [0.25, 0.3) is 10.8 Å². The number of anilines is 3. The molecule has 0 bridgehead atoms. The number of imide groups is 1. The average molecular weight is 530 g/mol. The molecule has 0 saturated carbocycles. The van der Waals surface area contributed by atoms with Gasteiger partial charge in [-0.1, -0.05) is 29.8 Å². The molecule has 4 aromatic carbocycles. The minimum absolute atomic E-state index is 0.118. The smallest absolute Gasteiger partial charge is 0.294 e. The molecule has 35 heavy (non-hydrogen) atoms. The van der Waals surface area contributed by atoms with Crippen LogP contribution < -0.4 is 10.2 Å². The molecule has 174 valence electrons. The summed E-state index contributed by atoms with van der Waals surface area (Å²) < 4.78 is 0.744. The van der Waals surface area contributed by atoms with E-state index in [4.69, 9.17) is 0 Å². The highest BCUT2D eigenvalue weighted by molar-refractivity contribution is 9.10. The van der Waals surface area contributed by atoms with E-state index in [1.807, 2.05) is 45.0 Å². The van der Waals surface area contributed by atoms with Crippen LogP contribution in [0, 0.1) is 30.9 Å². The van der Waals surface area contributed by atoms with E-state index in [0.29, 0.717) is 27.7 Å². The van der Waals surface area contributed by atoms with Gasteiger partial charge >= 0.3 is 0 Å². The number of aryl methyl sites for hydroxylation is 3. The fraction of sp³-hybridized carbons (Fsp3) is 0.111. The van der Waals surface area contributed by atoms with Gasteiger partial charge in [-0.15, -0.1) is 0 Å². The molecule has 1 aliphatic heterocycles. The molecule has 0 radical (unpaired) electrons. The summed E-state index contributed by atoms with van der Waals surface area (Å²) in [6.45, 7) is 5.84. The number of nitro benzene ring substituents is 1. The number of benzene rings is 4. The first kappa shape index (κ1) is 22.7. The molecule has 8 heteroatoms. The first-order chi connectivity index (χ1) is 16.7. The van der Waals surface area contributed by atoms with Crippen molar-refractivity contribution in [2.75, 3.05) is 10.2 Å². The Kier molecular flexibility index (Phi) is 5.40. The Bertz CT molecular complexity index is 1580. The lowest BCUT2D eigenvalue weighted by atomic mass is 9.91. The molecule has 0 unspecified atom stereocenters. The average Bonchev–Trinajstić information content (AvgIpc) is 2.82. The van der Waals surface area contributed by atoms with Gasteiger partial charge in [0.05, 0.1) is 21.9 Å². The van der Waals surface area contributed by atoms with Crippen LogP contribution >= 0.6 is 15.9 Å². The fourth-order valence-electron chi connectivity index (χ4n) is 4.36. The van der Waals surface area contributed by atoms with Crippen LogP contribution in [0.3, 0.4) is 0 Å². The lowest BCUT2D eigenvalue weighted by molar-refractivity contribution is -0.383. The molecule has 0 spiro atoms. The SMILES string of the molecule is Cc1ccc(N2C(=O)c3cccc4c(Nc5cc(C)c(C)cc5Br)c([N+](=O)[O-])cc(c34)C2=O)cc1. The van der Waals surface area contributed by atoms with Gasteiger partial charge in [0.15, 0.2) is 0 Å². The van der Waals surface area contributed by atoms with Gasteiger partial charge in [0.1, 0.15) is 5.69 Å². The van der Waals surface area contributed by atoms with Gasteiger partial charge in [-0.25, -0.2) is 4.90 Å². The van der Waals surface area contributed by atoms with Crippen LogP contribution in [0.2, 0.25) is 0 Å². The number of nitro groups is 1. The van der Waals surface area contributed by atoms with Crippen LogP contribution in [-0.4, -0.2) is 16.7 Å². The molecular formula is C27H20BrN3O4. The van der Waals surface area contributed by atoms with Crippen molar-refractivity contribution in [3.8, 4) is 0 Å². The van der Waals surface area contributed by atoms with Gasteiger partial charge in [-0.2, -0.15) is 0 Å². The molecule has 2 amide bonds. The maximum absolute atomic E-state index is 13.5. The van der Waals surface area contributed by atoms with Gasteiger partial charge < -0.3 is 5.32 Å². The van der Waals surface area contributed by atoms with Gasteiger partial charge in [-0.05, 0) is 78.2 Å². The molecule has 0 fully saturated rings. The first-order valence-corrected chi connectivity index (χ1v) is 11.7. The summed E-state index contributed by atoms with van der Waals surface area (Å²) in [7, 11) is 0. The van der Waals surface area contributed by atoms with E-state index >= 15 is 0 Å². The first-order valence-electron chi connectivity index (χ1n) is 10.9. The minimum atomic E-state index is -0.593. The number of hydrogen-bond donors (Lipinski definition) is 1. The van der Waals surface area contributed by atoms with E-state index in [9.17, 15) is 19.7 Å². The lowest BCUT2D eigenvalue weighted by Gasteiger charge is -2.28. The maximum atomic E-state index is 13.5. The maximum Gasteiger partial charge on any atom is 0.294 e. The van der Waals surface area contributed by atoms with Crippen molar-refractivity contribution in [2.45, 2.75) is 20.8 Å². The Morgan fingerprint density at radius 1 is 0.886 bits per heavy atom. The van der Waals surface area contributed by atoms with Crippen molar-refractivity contribution in [2.24, 2.45) is 0 Å². The molecule has 0 aliphatic carbocycles. The molecular weight excluding hydrogens is 510 g/mol. The normalized spacial score (nSPS) is 12.9. The van der Waals surface area contributed by atoms with Gasteiger partial charge in [-0.3, -0.25) is 19.7 Å². The van der Waals surface area contributed by atoms with Gasteiger partial charge in [0, 0.05) is 26.9 Å². The Morgan fingerprint density at radius 2 is 1.54 bits per heavy atom.